The smallest absolute Gasteiger partial charge is 0.317 e. The predicted molar refractivity (Wildman–Crippen MR) is 46.0 cm³/mol. The van der Waals surface area contributed by atoms with Crippen molar-refractivity contribution in [2.75, 3.05) is 0 Å². The lowest BCUT2D eigenvalue weighted by Gasteiger charge is -2.94. The van der Waals surface area contributed by atoms with Crippen molar-refractivity contribution in [3.63, 3.8) is 0 Å². The average molecular weight is 202 g/mol. The van der Waals surface area contributed by atoms with Crippen molar-refractivity contribution >= 4 is 11.9 Å². The summed E-state index contributed by atoms with van der Waals surface area (Å²) in [5.74, 6) is 5.99. The molecule has 0 aromatic carbocycles. The number of esters is 2. The number of carbonyl (C=O) groups is 2. The maximum absolute atomic E-state index is 11.7. The molecule has 1 aliphatic heterocycles. The second kappa shape index (κ2) is 1.48. The number of carbonyl (C=O) groups excluding carboxylic acids is 2. The van der Waals surface area contributed by atoms with E-state index in [0.717, 1.165) is 35.5 Å². The molecule has 6 aliphatic carbocycles. The molecular weight excluding hydrogens is 192 g/mol. The van der Waals surface area contributed by atoms with Crippen LogP contribution in [-0.4, -0.2) is 11.9 Å². The molecule has 0 aromatic rings. The Balaban J connectivity index is 1.60. The van der Waals surface area contributed by atoms with E-state index in [4.69, 9.17) is 4.74 Å². The zero-order valence-corrected chi connectivity index (χ0v) is 8.00. The Bertz CT molecular complexity index is 407. The van der Waals surface area contributed by atoms with Gasteiger partial charge in [-0.15, -0.1) is 0 Å². The first-order chi connectivity index (χ1) is 7.30. The van der Waals surface area contributed by atoms with E-state index in [1.54, 1.807) is 0 Å². The molecule has 1 heterocycles. The van der Waals surface area contributed by atoms with Gasteiger partial charge in [0, 0.05) is 0 Å². The fourth-order valence-corrected chi connectivity index (χ4v) is 6.83. The van der Waals surface area contributed by atoms with E-state index in [1.807, 2.05) is 0 Å². The summed E-state index contributed by atoms with van der Waals surface area (Å²) in [4.78, 5) is 23.3. The minimum atomic E-state index is -0.189. The molecule has 3 heteroatoms. The molecule has 6 saturated carbocycles. The zero-order chi connectivity index (χ0) is 9.64. The Kier molecular flexibility index (Phi) is 0.659. The lowest BCUT2D eigenvalue weighted by Crippen LogP contribution is -2.92. The first-order valence-corrected chi connectivity index (χ1v) is 6.06. The second-order valence-electron chi connectivity index (χ2n) is 6.41. The third kappa shape index (κ3) is 0.362. The molecule has 0 radical (unpaired) electrons. The maximum atomic E-state index is 11.7. The maximum Gasteiger partial charge on any atom is 0.317 e. The molecule has 0 N–H and O–H groups in total. The number of rotatable bonds is 0. The van der Waals surface area contributed by atoms with Gasteiger partial charge < -0.3 is 4.74 Å². The fourth-order valence-electron chi connectivity index (χ4n) is 6.83. The molecule has 7 aliphatic rings. The van der Waals surface area contributed by atoms with Gasteiger partial charge in [-0.25, -0.2) is 0 Å². The van der Waals surface area contributed by atoms with E-state index < -0.39 is 0 Å². The minimum absolute atomic E-state index is 0.0116. The molecule has 6 unspecified atom stereocenters. The summed E-state index contributed by atoms with van der Waals surface area (Å²) >= 11 is 0. The molecule has 0 aromatic heterocycles. The standard InChI is InChI=1S/C12H10O3/c13-11-9-7-3-1-2-5(3)8(6(2)4(1)7)10(9)12(14)15-11/h1-10H. The van der Waals surface area contributed by atoms with E-state index in [1.165, 1.54) is 0 Å². The van der Waals surface area contributed by atoms with E-state index in [-0.39, 0.29) is 23.8 Å². The van der Waals surface area contributed by atoms with Crippen LogP contribution in [0.4, 0.5) is 0 Å². The lowest BCUT2D eigenvalue weighted by molar-refractivity contribution is -0.475. The highest BCUT2D eigenvalue weighted by atomic mass is 16.6. The summed E-state index contributed by atoms with van der Waals surface area (Å²) in [6.45, 7) is 0. The quantitative estimate of drug-likeness (QED) is 0.419. The third-order valence-corrected chi connectivity index (χ3v) is 6.85. The SMILES string of the molecule is O=C1OC(=O)C2C1C1C3C4C2C2C1C3C42. The van der Waals surface area contributed by atoms with Crippen molar-refractivity contribution in [1.29, 1.82) is 0 Å². The zero-order valence-electron chi connectivity index (χ0n) is 8.00. The van der Waals surface area contributed by atoms with Crippen LogP contribution in [0.1, 0.15) is 0 Å². The summed E-state index contributed by atoms with van der Waals surface area (Å²) in [5.41, 5.74) is 0. The Morgan fingerprint density at radius 1 is 0.600 bits per heavy atom. The number of cyclic esters (lactones) is 2. The monoisotopic (exact) mass is 202 g/mol. The van der Waals surface area contributed by atoms with Gasteiger partial charge in [-0.2, -0.15) is 0 Å². The van der Waals surface area contributed by atoms with Crippen molar-refractivity contribution < 1.29 is 14.3 Å². The number of hydrogen-bond acceptors (Lipinski definition) is 3. The second-order valence-corrected chi connectivity index (χ2v) is 6.41. The minimum Gasteiger partial charge on any atom is -0.393 e. The van der Waals surface area contributed by atoms with Gasteiger partial charge in [0.2, 0.25) is 0 Å². The van der Waals surface area contributed by atoms with Crippen LogP contribution < -0.4 is 0 Å². The van der Waals surface area contributed by atoms with Gasteiger partial charge in [-0.05, 0) is 47.3 Å². The van der Waals surface area contributed by atoms with Gasteiger partial charge >= 0.3 is 11.9 Å². The molecular formula is C12H10O3. The lowest BCUT2D eigenvalue weighted by atomic mass is 9.09. The topological polar surface area (TPSA) is 43.4 Å². The van der Waals surface area contributed by atoms with Gasteiger partial charge in [0.15, 0.2) is 0 Å². The summed E-state index contributed by atoms with van der Waals surface area (Å²) in [7, 11) is 0. The van der Waals surface area contributed by atoms with Gasteiger partial charge in [-0.3, -0.25) is 9.59 Å². The van der Waals surface area contributed by atoms with E-state index in [9.17, 15) is 9.59 Å². The van der Waals surface area contributed by atoms with Crippen LogP contribution in [0, 0.1) is 59.2 Å². The Hall–Kier alpha value is -0.860. The van der Waals surface area contributed by atoms with Crippen LogP contribution in [-0.2, 0) is 14.3 Å². The van der Waals surface area contributed by atoms with Gasteiger partial charge in [-0.1, -0.05) is 0 Å². The van der Waals surface area contributed by atoms with Gasteiger partial charge in [0.1, 0.15) is 0 Å². The Labute approximate surface area is 86.2 Å². The van der Waals surface area contributed by atoms with Crippen LogP contribution in [0.25, 0.3) is 0 Å². The van der Waals surface area contributed by atoms with E-state index in [2.05, 4.69) is 0 Å². The van der Waals surface area contributed by atoms with Gasteiger partial charge in [0.05, 0.1) is 11.8 Å². The fraction of sp³-hybridized carbons (Fsp3) is 0.833. The van der Waals surface area contributed by atoms with Crippen molar-refractivity contribution in [3.05, 3.63) is 0 Å². The van der Waals surface area contributed by atoms with Crippen LogP contribution in [0.3, 0.4) is 0 Å². The third-order valence-electron chi connectivity index (χ3n) is 6.85. The van der Waals surface area contributed by atoms with Crippen LogP contribution in [0.2, 0.25) is 0 Å². The van der Waals surface area contributed by atoms with Crippen molar-refractivity contribution in [1.82, 2.24) is 0 Å². The molecule has 15 heavy (non-hydrogen) atoms. The van der Waals surface area contributed by atoms with E-state index in [0.29, 0.717) is 11.8 Å². The summed E-state index contributed by atoms with van der Waals surface area (Å²) in [6, 6.07) is 0. The normalized spacial score (nSPS) is 78.1. The highest BCUT2D eigenvalue weighted by Gasteiger charge is 2.93. The van der Waals surface area contributed by atoms with Crippen LogP contribution in [0.5, 0.6) is 0 Å². The molecule has 1 saturated heterocycles. The summed E-state index contributed by atoms with van der Waals surface area (Å²) in [5, 5.41) is 0. The average Bonchev–Trinajstić information content (AvgIpc) is 2.42. The number of hydrogen-bond donors (Lipinski definition) is 0. The molecule has 76 valence electrons. The summed E-state index contributed by atoms with van der Waals surface area (Å²) < 4.78 is 4.86. The van der Waals surface area contributed by atoms with Crippen LogP contribution in [0.15, 0.2) is 0 Å². The van der Waals surface area contributed by atoms with Crippen molar-refractivity contribution in [2.24, 2.45) is 59.2 Å². The molecule has 6 atom stereocenters. The Morgan fingerprint density at radius 3 is 1.33 bits per heavy atom. The predicted octanol–water partition coefficient (Wildman–Crippen LogP) is 0.300. The first-order valence-electron chi connectivity index (χ1n) is 6.06. The van der Waals surface area contributed by atoms with E-state index >= 15 is 0 Å². The molecule has 7 rings (SSSR count). The first kappa shape index (κ1) is 6.66. The molecule has 2 bridgehead atoms. The Morgan fingerprint density at radius 2 is 0.933 bits per heavy atom. The molecule has 3 nitrogen and oxygen atoms in total. The molecule has 0 spiro atoms. The van der Waals surface area contributed by atoms with Crippen molar-refractivity contribution in [3.8, 4) is 0 Å². The largest absolute Gasteiger partial charge is 0.393 e. The summed E-state index contributed by atoms with van der Waals surface area (Å²) in [6.07, 6.45) is 0. The van der Waals surface area contributed by atoms with Crippen molar-refractivity contribution in [2.45, 2.75) is 0 Å². The van der Waals surface area contributed by atoms with Crippen LogP contribution >= 0.6 is 0 Å². The number of ether oxygens (including phenoxy) is 1. The van der Waals surface area contributed by atoms with Gasteiger partial charge in [0.25, 0.3) is 0 Å². The molecule has 7 fully saturated rings. The molecule has 0 amide bonds. The highest BCUT2D eigenvalue weighted by Crippen LogP contribution is 2.93. The highest BCUT2D eigenvalue weighted by molar-refractivity contribution is 5.98.